The van der Waals surface area contributed by atoms with Crippen molar-refractivity contribution in [1.29, 1.82) is 0 Å². The maximum Gasteiger partial charge on any atom is 0.131 e. The minimum absolute atomic E-state index is 0.325. The van der Waals surface area contributed by atoms with Crippen LogP contribution in [0.4, 0.5) is 10.1 Å². The van der Waals surface area contributed by atoms with E-state index >= 15 is 0 Å². The van der Waals surface area contributed by atoms with E-state index in [1.165, 1.54) is 10.9 Å². The Balaban J connectivity index is 1.97. The summed E-state index contributed by atoms with van der Waals surface area (Å²) in [6.45, 7) is 2.41. The Kier molecular flexibility index (Phi) is 3.76. The van der Waals surface area contributed by atoms with Crippen LogP contribution < -0.4 is 4.90 Å². The van der Waals surface area contributed by atoms with Crippen LogP contribution in [0.2, 0.25) is 0 Å². The van der Waals surface area contributed by atoms with Gasteiger partial charge in [-0.1, -0.05) is 12.1 Å². The number of anilines is 1. The zero-order valence-electron chi connectivity index (χ0n) is 11.4. The third kappa shape index (κ3) is 2.72. The van der Waals surface area contributed by atoms with Crippen molar-refractivity contribution in [2.45, 2.75) is 38.5 Å². The van der Waals surface area contributed by atoms with E-state index in [1.54, 1.807) is 24.3 Å². The van der Waals surface area contributed by atoms with Gasteiger partial charge in [0.1, 0.15) is 5.82 Å². The van der Waals surface area contributed by atoms with Crippen molar-refractivity contribution in [3.8, 4) is 0 Å². The predicted octanol–water partition coefficient (Wildman–Crippen LogP) is 4.11. The van der Waals surface area contributed by atoms with Gasteiger partial charge in [0.15, 0.2) is 0 Å². The van der Waals surface area contributed by atoms with Gasteiger partial charge >= 0.3 is 0 Å². The maximum absolute atomic E-state index is 14.0. The van der Waals surface area contributed by atoms with Gasteiger partial charge in [-0.25, -0.2) is 4.39 Å². The van der Waals surface area contributed by atoms with Gasteiger partial charge in [-0.2, -0.15) is 0 Å². The summed E-state index contributed by atoms with van der Waals surface area (Å²) in [5.74, 6) is -0.325. The molecule has 1 aliphatic rings. The summed E-state index contributed by atoms with van der Waals surface area (Å²) in [5, 5.41) is 12.0. The molecule has 0 bridgehead atoms. The summed E-state index contributed by atoms with van der Waals surface area (Å²) >= 11 is 1.71. The molecule has 1 unspecified atom stereocenters. The lowest BCUT2D eigenvalue weighted by Crippen LogP contribution is -2.26. The Morgan fingerprint density at radius 1 is 1.35 bits per heavy atom. The predicted molar refractivity (Wildman–Crippen MR) is 80.6 cm³/mol. The van der Waals surface area contributed by atoms with Crippen LogP contribution in [0, 0.1) is 5.82 Å². The fourth-order valence-electron chi connectivity index (χ4n) is 2.56. The van der Waals surface area contributed by atoms with Crippen LogP contribution in [-0.4, -0.2) is 11.1 Å². The molecule has 0 amide bonds. The molecule has 0 aliphatic heterocycles. The molecule has 1 aliphatic carbocycles. The van der Waals surface area contributed by atoms with Crippen molar-refractivity contribution in [2.24, 2.45) is 0 Å². The minimum atomic E-state index is -0.796. The SMILES string of the molecule is CC(O)c1c(F)cccc1N(Cc1cccs1)C1CC1. The molecule has 2 nitrogen and oxygen atoms in total. The molecule has 1 aromatic heterocycles. The second-order valence-corrected chi connectivity index (χ2v) is 6.32. The first-order valence-corrected chi connectivity index (χ1v) is 7.80. The molecule has 0 saturated heterocycles. The molecule has 2 aromatic rings. The highest BCUT2D eigenvalue weighted by Crippen LogP contribution is 2.38. The summed E-state index contributed by atoms with van der Waals surface area (Å²) in [7, 11) is 0. The molecule has 1 N–H and O–H groups in total. The van der Waals surface area contributed by atoms with E-state index in [1.807, 2.05) is 12.1 Å². The molecule has 106 valence electrons. The number of thiophene rings is 1. The number of halogens is 1. The van der Waals surface area contributed by atoms with Gasteiger partial charge in [0.05, 0.1) is 12.6 Å². The molecule has 20 heavy (non-hydrogen) atoms. The Bertz CT molecular complexity index is 578. The third-order valence-corrected chi connectivity index (χ3v) is 4.51. The molecular weight excluding hydrogens is 273 g/mol. The lowest BCUT2D eigenvalue weighted by molar-refractivity contribution is 0.194. The molecule has 0 radical (unpaired) electrons. The van der Waals surface area contributed by atoms with E-state index in [0.29, 0.717) is 11.6 Å². The lowest BCUT2D eigenvalue weighted by atomic mass is 10.1. The average Bonchev–Trinajstić information content (AvgIpc) is 3.12. The van der Waals surface area contributed by atoms with Crippen molar-refractivity contribution in [3.63, 3.8) is 0 Å². The summed E-state index contributed by atoms with van der Waals surface area (Å²) in [6, 6.07) is 9.66. The monoisotopic (exact) mass is 291 g/mol. The van der Waals surface area contributed by atoms with Crippen LogP contribution in [-0.2, 0) is 6.54 Å². The maximum atomic E-state index is 14.0. The molecule has 4 heteroatoms. The largest absolute Gasteiger partial charge is 0.389 e. The number of rotatable bonds is 5. The van der Waals surface area contributed by atoms with E-state index in [0.717, 1.165) is 25.1 Å². The van der Waals surface area contributed by atoms with Crippen LogP contribution in [0.5, 0.6) is 0 Å². The van der Waals surface area contributed by atoms with Gasteiger partial charge in [-0.15, -0.1) is 11.3 Å². The Hall–Kier alpha value is -1.39. The summed E-state index contributed by atoms with van der Waals surface area (Å²) in [5.41, 5.74) is 1.24. The number of aliphatic hydroxyl groups is 1. The van der Waals surface area contributed by atoms with Crippen LogP contribution >= 0.6 is 11.3 Å². The second kappa shape index (κ2) is 5.54. The van der Waals surface area contributed by atoms with Gasteiger partial charge in [0, 0.05) is 22.2 Å². The molecule has 1 fully saturated rings. The number of aliphatic hydroxyl groups excluding tert-OH is 1. The smallest absolute Gasteiger partial charge is 0.131 e. The molecule has 1 aromatic carbocycles. The first kappa shape index (κ1) is 13.6. The number of nitrogens with zero attached hydrogens (tertiary/aromatic N) is 1. The first-order valence-electron chi connectivity index (χ1n) is 6.92. The second-order valence-electron chi connectivity index (χ2n) is 5.29. The van der Waals surface area contributed by atoms with Gasteiger partial charge in [0.2, 0.25) is 0 Å². The lowest BCUT2D eigenvalue weighted by Gasteiger charge is -2.27. The molecule has 0 spiro atoms. The molecular formula is C16H18FNOS. The van der Waals surface area contributed by atoms with Crippen molar-refractivity contribution in [3.05, 3.63) is 52.0 Å². The Morgan fingerprint density at radius 3 is 2.75 bits per heavy atom. The van der Waals surface area contributed by atoms with E-state index in [9.17, 15) is 9.50 Å². The highest BCUT2D eigenvalue weighted by Gasteiger charge is 2.32. The standard InChI is InChI=1S/C16H18FNOS/c1-11(19)16-14(17)5-2-6-15(16)18(12-7-8-12)10-13-4-3-9-20-13/h2-6,9,11-12,19H,7-8,10H2,1H3. The quantitative estimate of drug-likeness (QED) is 0.896. The zero-order valence-corrected chi connectivity index (χ0v) is 12.2. The molecule has 1 atom stereocenters. The van der Waals surface area contributed by atoms with E-state index in [4.69, 9.17) is 0 Å². The minimum Gasteiger partial charge on any atom is -0.389 e. The molecule has 3 rings (SSSR count). The van der Waals surface area contributed by atoms with E-state index < -0.39 is 6.10 Å². The van der Waals surface area contributed by atoms with Crippen LogP contribution in [0.25, 0.3) is 0 Å². The molecule has 1 heterocycles. The van der Waals surface area contributed by atoms with Crippen molar-refractivity contribution < 1.29 is 9.50 Å². The summed E-state index contributed by atoms with van der Waals surface area (Å²) in [6.07, 6.45) is 1.48. The van der Waals surface area contributed by atoms with Crippen LogP contribution in [0.3, 0.4) is 0 Å². The van der Waals surface area contributed by atoms with Gasteiger partial charge < -0.3 is 10.0 Å². The highest BCUT2D eigenvalue weighted by atomic mass is 32.1. The summed E-state index contributed by atoms with van der Waals surface area (Å²) in [4.78, 5) is 3.49. The highest BCUT2D eigenvalue weighted by molar-refractivity contribution is 7.09. The number of benzene rings is 1. The fourth-order valence-corrected chi connectivity index (χ4v) is 3.26. The first-order chi connectivity index (χ1) is 9.66. The van der Waals surface area contributed by atoms with Gasteiger partial charge in [-0.3, -0.25) is 0 Å². The Morgan fingerprint density at radius 2 is 2.15 bits per heavy atom. The van der Waals surface area contributed by atoms with Crippen LogP contribution in [0.15, 0.2) is 35.7 Å². The van der Waals surface area contributed by atoms with Gasteiger partial charge in [-0.05, 0) is 43.3 Å². The van der Waals surface area contributed by atoms with Gasteiger partial charge in [0.25, 0.3) is 0 Å². The van der Waals surface area contributed by atoms with Crippen molar-refractivity contribution in [2.75, 3.05) is 4.90 Å². The number of hydrogen-bond donors (Lipinski definition) is 1. The zero-order chi connectivity index (χ0) is 14.1. The summed E-state index contributed by atoms with van der Waals surface area (Å²) < 4.78 is 14.0. The van der Waals surface area contributed by atoms with Crippen molar-refractivity contribution in [1.82, 2.24) is 0 Å². The Labute approximate surface area is 122 Å². The number of hydrogen-bond acceptors (Lipinski definition) is 3. The van der Waals surface area contributed by atoms with E-state index in [2.05, 4.69) is 16.3 Å². The normalized spacial score (nSPS) is 16.1. The van der Waals surface area contributed by atoms with Crippen molar-refractivity contribution >= 4 is 17.0 Å². The average molecular weight is 291 g/mol. The topological polar surface area (TPSA) is 23.5 Å². The van der Waals surface area contributed by atoms with E-state index in [-0.39, 0.29) is 5.82 Å². The fraction of sp³-hybridized carbons (Fsp3) is 0.375. The third-order valence-electron chi connectivity index (χ3n) is 3.65. The van der Waals surface area contributed by atoms with Crippen LogP contribution in [0.1, 0.15) is 36.3 Å². The molecule has 1 saturated carbocycles.